The van der Waals surface area contributed by atoms with Crippen molar-refractivity contribution in [3.05, 3.63) is 17.2 Å². The molecule has 1 fully saturated rings. The Labute approximate surface area is 135 Å². The molecule has 0 aliphatic carbocycles. The Hall–Kier alpha value is -1.46. The van der Waals surface area contributed by atoms with E-state index in [9.17, 15) is 4.79 Å². The van der Waals surface area contributed by atoms with Crippen LogP contribution in [0, 0.1) is 5.92 Å². The highest BCUT2D eigenvalue weighted by atomic mass is 35.5. The lowest BCUT2D eigenvalue weighted by Gasteiger charge is -2.30. The molecule has 1 N–H and O–H groups in total. The van der Waals surface area contributed by atoms with E-state index in [2.05, 4.69) is 17.1 Å². The number of anilines is 1. The van der Waals surface area contributed by atoms with Crippen LogP contribution in [0.5, 0.6) is 11.5 Å². The molecule has 1 atom stereocenters. The third kappa shape index (κ3) is 3.65. The maximum Gasteiger partial charge on any atom is 0.238 e. The molecule has 0 radical (unpaired) electrons. The molecule has 2 heterocycles. The van der Waals surface area contributed by atoms with Crippen LogP contribution in [0.1, 0.15) is 19.8 Å². The number of likely N-dealkylation sites (tertiary alicyclic amines) is 1. The lowest BCUT2D eigenvalue weighted by Crippen LogP contribution is -2.39. The van der Waals surface area contributed by atoms with Crippen molar-refractivity contribution < 1.29 is 14.3 Å². The average molecular weight is 325 g/mol. The summed E-state index contributed by atoms with van der Waals surface area (Å²) in [6, 6.07) is 3.42. The Bertz CT molecular complexity index is 565. The van der Waals surface area contributed by atoms with Gasteiger partial charge in [0.15, 0.2) is 11.5 Å². The molecule has 1 amide bonds. The Morgan fingerprint density at radius 3 is 2.82 bits per heavy atom. The van der Waals surface area contributed by atoms with Gasteiger partial charge in [0, 0.05) is 18.7 Å². The number of carbonyl (C=O) groups excluding carboxylic acids is 1. The maximum absolute atomic E-state index is 12.2. The number of halogens is 1. The van der Waals surface area contributed by atoms with Gasteiger partial charge in [-0.2, -0.15) is 0 Å². The van der Waals surface area contributed by atoms with Gasteiger partial charge in [-0.25, -0.2) is 0 Å². The van der Waals surface area contributed by atoms with Crippen molar-refractivity contribution in [2.24, 2.45) is 5.92 Å². The molecule has 0 spiro atoms. The number of ether oxygens (including phenoxy) is 2. The van der Waals surface area contributed by atoms with Crippen LogP contribution in [0.15, 0.2) is 12.1 Å². The summed E-state index contributed by atoms with van der Waals surface area (Å²) in [6.07, 6.45) is 2.39. The number of amides is 1. The highest BCUT2D eigenvalue weighted by Crippen LogP contribution is 2.37. The van der Waals surface area contributed by atoms with E-state index in [0.717, 1.165) is 19.5 Å². The molecule has 2 aliphatic rings. The molecule has 1 saturated heterocycles. The highest BCUT2D eigenvalue weighted by molar-refractivity contribution is 6.34. The predicted molar refractivity (Wildman–Crippen MR) is 85.9 cm³/mol. The topological polar surface area (TPSA) is 50.8 Å². The Balaban J connectivity index is 1.63. The van der Waals surface area contributed by atoms with Crippen molar-refractivity contribution in [1.29, 1.82) is 0 Å². The molecule has 1 unspecified atom stereocenters. The van der Waals surface area contributed by atoms with Gasteiger partial charge in [0.05, 0.1) is 17.3 Å². The number of fused-ring (bicyclic) bond motifs is 1. The van der Waals surface area contributed by atoms with Crippen molar-refractivity contribution in [3.63, 3.8) is 0 Å². The molecule has 5 nitrogen and oxygen atoms in total. The standard InChI is InChI=1S/C16H21ClN2O3/c1-11-3-2-4-19(9-11)10-16(20)18-13-8-15-14(7-12(13)17)21-5-6-22-15/h7-8,11H,2-6,9-10H2,1H3,(H,18,20). The van der Waals surface area contributed by atoms with Crippen LogP contribution in [0.2, 0.25) is 5.02 Å². The molecule has 3 rings (SSSR count). The van der Waals surface area contributed by atoms with Crippen LogP contribution in [0.3, 0.4) is 0 Å². The van der Waals surface area contributed by atoms with E-state index in [0.29, 0.717) is 47.9 Å². The van der Waals surface area contributed by atoms with Gasteiger partial charge in [0.25, 0.3) is 0 Å². The monoisotopic (exact) mass is 324 g/mol. The fourth-order valence-corrected chi connectivity index (χ4v) is 3.18. The summed E-state index contributed by atoms with van der Waals surface area (Å²) < 4.78 is 11.0. The summed E-state index contributed by atoms with van der Waals surface area (Å²) >= 11 is 6.21. The Morgan fingerprint density at radius 1 is 1.36 bits per heavy atom. The molecule has 120 valence electrons. The maximum atomic E-state index is 12.2. The van der Waals surface area contributed by atoms with Crippen LogP contribution in [0.4, 0.5) is 5.69 Å². The van der Waals surface area contributed by atoms with Gasteiger partial charge in [-0.05, 0) is 25.3 Å². The van der Waals surface area contributed by atoms with Gasteiger partial charge in [-0.3, -0.25) is 9.69 Å². The fraction of sp³-hybridized carbons (Fsp3) is 0.562. The minimum Gasteiger partial charge on any atom is -0.486 e. The van der Waals surface area contributed by atoms with Gasteiger partial charge >= 0.3 is 0 Å². The first-order valence-corrected chi connectivity index (χ1v) is 8.11. The van der Waals surface area contributed by atoms with E-state index >= 15 is 0 Å². The second kappa shape index (κ2) is 6.75. The highest BCUT2D eigenvalue weighted by Gasteiger charge is 2.20. The van der Waals surface area contributed by atoms with Gasteiger partial charge in [-0.1, -0.05) is 18.5 Å². The number of nitrogens with one attached hydrogen (secondary N) is 1. The zero-order valence-corrected chi connectivity index (χ0v) is 13.5. The summed E-state index contributed by atoms with van der Waals surface area (Å²) in [7, 11) is 0. The molecule has 1 aromatic rings. The molecule has 0 bridgehead atoms. The zero-order valence-electron chi connectivity index (χ0n) is 12.7. The lowest BCUT2D eigenvalue weighted by atomic mass is 10.0. The average Bonchev–Trinajstić information content (AvgIpc) is 2.48. The van der Waals surface area contributed by atoms with E-state index in [1.807, 2.05) is 0 Å². The van der Waals surface area contributed by atoms with E-state index in [-0.39, 0.29) is 5.91 Å². The number of hydrogen-bond donors (Lipinski definition) is 1. The second-order valence-electron chi connectivity index (χ2n) is 6.01. The largest absolute Gasteiger partial charge is 0.486 e. The summed E-state index contributed by atoms with van der Waals surface area (Å²) in [5.41, 5.74) is 0.570. The first-order chi connectivity index (χ1) is 10.6. The number of rotatable bonds is 3. The smallest absolute Gasteiger partial charge is 0.238 e. The number of nitrogens with zero attached hydrogens (tertiary/aromatic N) is 1. The number of benzene rings is 1. The molecule has 0 aromatic heterocycles. The molecular weight excluding hydrogens is 304 g/mol. The minimum atomic E-state index is -0.0484. The van der Waals surface area contributed by atoms with E-state index < -0.39 is 0 Å². The van der Waals surface area contributed by atoms with E-state index in [1.165, 1.54) is 6.42 Å². The van der Waals surface area contributed by atoms with E-state index in [4.69, 9.17) is 21.1 Å². The SMILES string of the molecule is CC1CCCN(CC(=O)Nc2cc3c(cc2Cl)OCCO3)C1. The van der Waals surface area contributed by atoms with Crippen LogP contribution in [0.25, 0.3) is 0 Å². The van der Waals surface area contributed by atoms with Crippen LogP contribution >= 0.6 is 11.6 Å². The molecule has 22 heavy (non-hydrogen) atoms. The molecule has 1 aromatic carbocycles. The number of hydrogen-bond acceptors (Lipinski definition) is 4. The van der Waals surface area contributed by atoms with Crippen molar-refractivity contribution in [2.75, 3.05) is 38.2 Å². The minimum absolute atomic E-state index is 0.0484. The summed E-state index contributed by atoms with van der Waals surface area (Å²) in [4.78, 5) is 14.4. The van der Waals surface area contributed by atoms with Crippen LogP contribution in [-0.4, -0.2) is 43.7 Å². The third-order valence-corrected chi connectivity index (χ3v) is 4.33. The van der Waals surface area contributed by atoms with Crippen molar-refractivity contribution in [1.82, 2.24) is 4.90 Å². The summed E-state index contributed by atoms with van der Waals surface area (Å²) in [5.74, 6) is 1.85. The molecule has 0 saturated carbocycles. The number of piperidine rings is 1. The van der Waals surface area contributed by atoms with Gasteiger partial charge < -0.3 is 14.8 Å². The van der Waals surface area contributed by atoms with Gasteiger partial charge in [-0.15, -0.1) is 0 Å². The molecule has 2 aliphatic heterocycles. The normalized spacial score (nSPS) is 21.5. The van der Waals surface area contributed by atoms with Crippen molar-refractivity contribution in [2.45, 2.75) is 19.8 Å². The lowest BCUT2D eigenvalue weighted by molar-refractivity contribution is -0.117. The number of carbonyl (C=O) groups is 1. The fourth-order valence-electron chi connectivity index (χ4n) is 2.98. The first-order valence-electron chi connectivity index (χ1n) is 7.73. The second-order valence-corrected chi connectivity index (χ2v) is 6.41. The predicted octanol–water partition coefficient (Wildman–Crippen LogP) is 2.78. The molecule has 6 heteroatoms. The zero-order chi connectivity index (χ0) is 15.5. The Morgan fingerprint density at radius 2 is 2.09 bits per heavy atom. The van der Waals surface area contributed by atoms with Crippen LogP contribution < -0.4 is 14.8 Å². The molecular formula is C16H21ClN2O3. The van der Waals surface area contributed by atoms with Crippen molar-refractivity contribution in [3.8, 4) is 11.5 Å². The first kappa shape index (κ1) is 15.4. The third-order valence-electron chi connectivity index (χ3n) is 4.01. The van der Waals surface area contributed by atoms with Gasteiger partial charge in [0.2, 0.25) is 5.91 Å². The van der Waals surface area contributed by atoms with E-state index in [1.54, 1.807) is 12.1 Å². The quantitative estimate of drug-likeness (QED) is 0.929. The van der Waals surface area contributed by atoms with Crippen molar-refractivity contribution >= 4 is 23.2 Å². The van der Waals surface area contributed by atoms with Crippen LogP contribution in [-0.2, 0) is 4.79 Å². The Kier molecular flexibility index (Phi) is 4.74. The summed E-state index contributed by atoms with van der Waals surface area (Å²) in [6.45, 7) is 5.60. The van der Waals surface area contributed by atoms with Gasteiger partial charge in [0.1, 0.15) is 13.2 Å². The summed E-state index contributed by atoms with van der Waals surface area (Å²) in [5, 5.41) is 3.34.